The quantitative estimate of drug-likeness (QED) is 0.697. The second-order valence-electron chi connectivity index (χ2n) is 4.34. The minimum absolute atomic E-state index is 0.0312. The number of hydrogen-bond donors (Lipinski definition) is 1. The molecule has 9 heteroatoms. The van der Waals surface area contributed by atoms with Crippen LogP contribution in [0, 0.1) is 5.82 Å². The first-order valence-electron chi connectivity index (χ1n) is 5.98. The molecule has 3 aromatic rings. The van der Waals surface area contributed by atoms with E-state index in [2.05, 4.69) is 20.4 Å². The minimum Gasteiger partial charge on any atom is -0.318 e. The molecule has 1 N–H and O–H groups in total. The van der Waals surface area contributed by atoms with Crippen LogP contribution < -0.4 is 10.8 Å². The van der Waals surface area contributed by atoms with Gasteiger partial charge in [0.05, 0.1) is 18.1 Å². The highest BCUT2D eigenvalue weighted by atomic mass is 35.5. The van der Waals surface area contributed by atoms with Gasteiger partial charge in [0.25, 0.3) is 5.91 Å². The average molecular weight is 303 g/mol. The Hall–Kier alpha value is -2.48. The number of fused-ring (bicyclic) bond motifs is 1. The zero-order valence-electron chi connectivity index (χ0n) is 10.8. The van der Waals surface area contributed by atoms with Crippen LogP contribution in [0.3, 0.4) is 0 Å². The van der Waals surface area contributed by atoms with Crippen LogP contribution in [0.15, 0.2) is 30.7 Å². The number of carbonyl (C=O) groups excluding carboxylic acids is 1. The van der Waals surface area contributed by atoms with Gasteiger partial charge < -0.3 is 5.32 Å². The summed E-state index contributed by atoms with van der Waals surface area (Å²) in [6.45, 7) is 0. The van der Waals surface area contributed by atoms with Crippen LogP contribution in [0.25, 0.3) is 5.65 Å². The lowest BCUT2D eigenvalue weighted by Gasteiger charge is -2.06. The van der Waals surface area contributed by atoms with Gasteiger partial charge in [-0.2, -0.15) is 5.10 Å². The largest absolute Gasteiger partial charge is 0.318 e. The number of pyridine rings is 1. The molecule has 0 aliphatic heterocycles. The zero-order chi connectivity index (χ0) is 15.0. The fourth-order valence-electron chi connectivity index (χ4n) is 1.90. The van der Waals surface area contributed by atoms with Crippen LogP contribution in [0.5, 0.6) is 0 Å². The number of amides is 1. The Morgan fingerprint density at radius 1 is 1.43 bits per heavy atom. The number of aromatic nitrogens is 4. The molecule has 0 aliphatic rings. The standard InChI is InChI=1S/C12H8BClFN5O/c13-6-3-10(14)19-20-9(5-17-11(6)20)12(21)18-8-1-2-16-4-7(8)15/h1-5H,13H2,(H,16,18,21). The van der Waals surface area contributed by atoms with Crippen molar-refractivity contribution in [2.45, 2.75) is 0 Å². The summed E-state index contributed by atoms with van der Waals surface area (Å²) < 4.78 is 14.8. The van der Waals surface area contributed by atoms with Gasteiger partial charge in [-0.05, 0) is 17.6 Å². The molecule has 0 aliphatic carbocycles. The van der Waals surface area contributed by atoms with Crippen molar-refractivity contribution in [2.24, 2.45) is 0 Å². The molecular weight excluding hydrogens is 295 g/mol. The van der Waals surface area contributed by atoms with Gasteiger partial charge >= 0.3 is 0 Å². The summed E-state index contributed by atoms with van der Waals surface area (Å²) in [5.41, 5.74) is 1.49. The second kappa shape index (κ2) is 5.14. The van der Waals surface area contributed by atoms with E-state index in [1.165, 1.54) is 23.0 Å². The van der Waals surface area contributed by atoms with Crippen LogP contribution >= 0.6 is 11.6 Å². The first kappa shape index (κ1) is 13.5. The topological polar surface area (TPSA) is 72.2 Å². The molecule has 0 saturated heterocycles. The first-order valence-corrected chi connectivity index (χ1v) is 6.36. The van der Waals surface area contributed by atoms with Gasteiger partial charge in [-0.1, -0.05) is 11.6 Å². The number of halogens is 2. The van der Waals surface area contributed by atoms with E-state index >= 15 is 0 Å². The third kappa shape index (κ3) is 2.45. The van der Waals surface area contributed by atoms with Crippen molar-refractivity contribution in [2.75, 3.05) is 5.32 Å². The molecule has 104 valence electrons. The van der Waals surface area contributed by atoms with Crippen molar-refractivity contribution < 1.29 is 9.18 Å². The van der Waals surface area contributed by atoms with E-state index in [0.29, 0.717) is 5.65 Å². The lowest BCUT2D eigenvalue weighted by atomic mass is 9.99. The second-order valence-corrected chi connectivity index (χ2v) is 4.73. The van der Waals surface area contributed by atoms with Crippen molar-refractivity contribution in [3.8, 4) is 0 Å². The Morgan fingerprint density at radius 3 is 3.00 bits per heavy atom. The van der Waals surface area contributed by atoms with Crippen LogP contribution in [0.4, 0.5) is 10.1 Å². The van der Waals surface area contributed by atoms with Crippen molar-refractivity contribution in [1.29, 1.82) is 0 Å². The summed E-state index contributed by atoms with van der Waals surface area (Å²) in [5, 5.41) is 6.72. The summed E-state index contributed by atoms with van der Waals surface area (Å²) in [5.74, 6) is -1.16. The molecule has 3 heterocycles. The van der Waals surface area contributed by atoms with Gasteiger partial charge in [-0.15, -0.1) is 0 Å². The molecule has 0 aromatic carbocycles. The molecule has 21 heavy (non-hydrogen) atoms. The van der Waals surface area contributed by atoms with E-state index in [1.54, 1.807) is 13.9 Å². The van der Waals surface area contributed by atoms with Gasteiger partial charge in [-0.3, -0.25) is 9.78 Å². The highest BCUT2D eigenvalue weighted by Crippen LogP contribution is 2.13. The van der Waals surface area contributed by atoms with E-state index in [1.807, 2.05) is 0 Å². The van der Waals surface area contributed by atoms with Crippen molar-refractivity contribution in [1.82, 2.24) is 19.6 Å². The monoisotopic (exact) mass is 303 g/mol. The maximum atomic E-state index is 13.5. The maximum Gasteiger partial charge on any atom is 0.276 e. The number of hydrogen-bond acceptors (Lipinski definition) is 4. The molecule has 6 nitrogen and oxygen atoms in total. The fraction of sp³-hybridized carbons (Fsp3) is 0. The van der Waals surface area contributed by atoms with Crippen LogP contribution in [0.1, 0.15) is 10.5 Å². The number of nitrogens with zero attached hydrogens (tertiary/aromatic N) is 4. The summed E-state index contributed by atoms with van der Waals surface area (Å²) in [6, 6.07) is 3.01. The number of carbonyl (C=O) groups is 1. The number of anilines is 1. The highest BCUT2D eigenvalue weighted by molar-refractivity contribution is 6.38. The van der Waals surface area contributed by atoms with Gasteiger partial charge in [0.15, 0.2) is 11.5 Å². The molecule has 0 atom stereocenters. The Bertz CT molecular complexity index is 853. The Balaban J connectivity index is 2.01. The number of nitrogens with one attached hydrogen (secondary N) is 1. The van der Waals surface area contributed by atoms with Crippen molar-refractivity contribution in [3.63, 3.8) is 0 Å². The summed E-state index contributed by atoms with van der Waals surface area (Å²) >= 11 is 5.88. The van der Waals surface area contributed by atoms with E-state index in [4.69, 9.17) is 11.6 Å². The smallest absolute Gasteiger partial charge is 0.276 e. The predicted molar refractivity (Wildman–Crippen MR) is 78.3 cm³/mol. The molecule has 0 fully saturated rings. The number of rotatable bonds is 2. The maximum absolute atomic E-state index is 13.5. The molecule has 3 rings (SSSR count). The van der Waals surface area contributed by atoms with Crippen molar-refractivity contribution in [3.05, 3.63) is 47.4 Å². The summed E-state index contributed by atoms with van der Waals surface area (Å²) in [7, 11) is 1.81. The summed E-state index contributed by atoms with van der Waals surface area (Å²) in [4.78, 5) is 20.0. The third-order valence-electron chi connectivity index (χ3n) is 2.88. The van der Waals surface area contributed by atoms with Crippen molar-refractivity contribution >= 4 is 42.2 Å². The highest BCUT2D eigenvalue weighted by Gasteiger charge is 2.16. The molecule has 0 bridgehead atoms. The zero-order valence-corrected chi connectivity index (χ0v) is 11.6. The van der Waals surface area contributed by atoms with E-state index < -0.39 is 11.7 Å². The lowest BCUT2D eigenvalue weighted by molar-refractivity contribution is 0.102. The van der Waals surface area contributed by atoms with Crippen LogP contribution in [0.2, 0.25) is 5.15 Å². The van der Waals surface area contributed by atoms with Gasteiger partial charge in [0, 0.05) is 6.20 Å². The first-order chi connectivity index (χ1) is 10.1. The third-order valence-corrected chi connectivity index (χ3v) is 3.06. The van der Waals surface area contributed by atoms with Crippen LogP contribution in [-0.4, -0.2) is 33.3 Å². The fourth-order valence-corrected chi connectivity index (χ4v) is 2.14. The van der Waals surface area contributed by atoms with Gasteiger partial charge in [-0.25, -0.2) is 13.9 Å². The van der Waals surface area contributed by atoms with E-state index in [9.17, 15) is 9.18 Å². The Kier molecular flexibility index (Phi) is 3.30. The Morgan fingerprint density at radius 2 is 2.24 bits per heavy atom. The molecule has 0 unspecified atom stereocenters. The molecule has 0 saturated carbocycles. The Labute approximate surface area is 124 Å². The summed E-state index contributed by atoms with van der Waals surface area (Å²) in [6.07, 6.45) is 3.76. The van der Waals surface area contributed by atoms with E-state index in [0.717, 1.165) is 11.7 Å². The molecule has 1 amide bonds. The van der Waals surface area contributed by atoms with Gasteiger partial charge in [0.2, 0.25) is 0 Å². The molecule has 3 aromatic heterocycles. The average Bonchev–Trinajstić information content (AvgIpc) is 2.85. The normalized spacial score (nSPS) is 10.8. The molecule has 0 radical (unpaired) electrons. The van der Waals surface area contributed by atoms with E-state index in [-0.39, 0.29) is 16.5 Å². The predicted octanol–water partition coefficient (Wildman–Crippen LogP) is 0.427. The number of imidazole rings is 1. The lowest BCUT2D eigenvalue weighted by Crippen LogP contribution is -2.18. The van der Waals surface area contributed by atoms with Gasteiger partial charge in [0.1, 0.15) is 18.6 Å². The minimum atomic E-state index is -0.623. The molecular formula is C12H8BClFN5O. The van der Waals surface area contributed by atoms with Crippen LogP contribution in [-0.2, 0) is 0 Å². The SMILES string of the molecule is Bc1cc(Cl)nn2c(C(=O)Nc3ccncc3F)cnc12. The molecule has 0 spiro atoms.